The van der Waals surface area contributed by atoms with Gasteiger partial charge < -0.3 is 14.2 Å². The van der Waals surface area contributed by atoms with E-state index in [1.165, 1.54) is 0 Å². The van der Waals surface area contributed by atoms with Gasteiger partial charge in [-0.25, -0.2) is 0 Å². The number of carbonyl (C=O) groups excluding carboxylic acids is 2. The zero-order chi connectivity index (χ0) is 21.5. The Labute approximate surface area is 181 Å². The van der Waals surface area contributed by atoms with Gasteiger partial charge in [-0.05, 0) is 45.0 Å². The van der Waals surface area contributed by atoms with Gasteiger partial charge in [0.05, 0.1) is 13.0 Å². The average molecular weight is 434 g/mol. The van der Waals surface area contributed by atoms with Crippen LogP contribution in [0.2, 0.25) is 5.02 Å². The maximum atomic E-state index is 13.2. The lowest BCUT2D eigenvalue weighted by atomic mass is 10.1. The van der Waals surface area contributed by atoms with Gasteiger partial charge in [-0.1, -0.05) is 35.8 Å². The molecule has 0 aliphatic carbocycles. The molecule has 8 heteroatoms. The number of aromatic nitrogens is 1. The van der Waals surface area contributed by atoms with Gasteiger partial charge in [0.25, 0.3) is 5.91 Å². The molecule has 3 rings (SSSR count). The van der Waals surface area contributed by atoms with Gasteiger partial charge in [-0.2, -0.15) is 0 Å². The van der Waals surface area contributed by atoms with Crippen molar-refractivity contribution in [3.8, 4) is 11.3 Å². The predicted octanol–water partition coefficient (Wildman–Crippen LogP) is 3.87. The van der Waals surface area contributed by atoms with Crippen molar-refractivity contribution in [1.82, 2.24) is 15.0 Å². The summed E-state index contributed by atoms with van der Waals surface area (Å²) in [6.45, 7) is 7.02. The largest absolute Gasteiger partial charge is 0.466 e. The summed E-state index contributed by atoms with van der Waals surface area (Å²) in [7, 11) is 0. The second-order valence-corrected chi connectivity index (χ2v) is 7.75. The number of ether oxygens (including phenoxy) is 1. The molecule has 30 heavy (non-hydrogen) atoms. The van der Waals surface area contributed by atoms with Gasteiger partial charge in [0.15, 0.2) is 11.5 Å². The Balaban J connectivity index is 1.76. The standard InChI is InChI=1S/C22H28ClN3O4/c1-3-25-11-6-9-18(25)15-26(12-10-21(27)29-4-2)22(28)19-14-20(30-24-19)16-7-5-8-17(23)13-16/h5,7-8,13-14,18H,3-4,6,9-12,15H2,1-2H3. The fourth-order valence-corrected chi connectivity index (χ4v) is 4.01. The highest BCUT2D eigenvalue weighted by molar-refractivity contribution is 6.30. The van der Waals surface area contributed by atoms with Gasteiger partial charge in [-0.15, -0.1) is 0 Å². The lowest BCUT2D eigenvalue weighted by molar-refractivity contribution is -0.143. The van der Waals surface area contributed by atoms with E-state index in [-0.39, 0.29) is 36.6 Å². The van der Waals surface area contributed by atoms with E-state index in [2.05, 4.69) is 17.0 Å². The summed E-state index contributed by atoms with van der Waals surface area (Å²) in [6, 6.07) is 9.08. The average Bonchev–Trinajstić information content (AvgIpc) is 3.40. The molecule has 1 fully saturated rings. The second kappa shape index (κ2) is 10.6. The van der Waals surface area contributed by atoms with E-state index in [1.807, 2.05) is 12.1 Å². The van der Waals surface area contributed by atoms with Crippen molar-refractivity contribution in [3.63, 3.8) is 0 Å². The van der Waals surface area contributed by atoms with Crippen LogP contribution in [0, 0.1) is 0 Å². The molecule has 0 spiro atoms. The molecule has 2 heterocycles. The van der Waals surface area contributed by atoms with E-state index in [0.29, 0.717) is 23.9 Å². The number of amides is 1. The fourth-order valence-electron chi connectivity index (χ4n) is 3.82. The first-order valence-corrected chi connectivity index (χ1v) is 10.8. The number of hydrogen-bond donors (Lipinski definition) is 0. The Morgan fingerprint density at radius 1 is 1.33 bits per heavy atom. The fraction of sp³-hybridized carbons (Fsp3) is 0.500. The Kier molecular flexibility index (Phi) is 7.87. The SMILES string of the molecule is CCOC(=O)CCN(CC1CCCN1CC)C(=O)c1cc(-c2cccc(Cl)c2)on1. The molecule has 162 valence electrons. The molecule has 1 aromatic heterocycles. The first-order valence-electron chi connectivity index (χ1n) is 10.4. The highest BCUT2D eigenvalue weighted by Gasteiger charge is 2.29. The number of hydrogen-bond acceptors (Lipinski definition) is 6. The van der Waals surface area contributed by atoms with E-state index < -0.39 is 0 Å². The summed E-state index contributed by atoms with van der Waals surface area (Å²) in [5.74, 6) is -0.0876. The summed E-state index contributed by atoms with van der Waals surface area (Å²) in [5, 5.41) is 4.56. The monoisotopic (exact) mass is 433 g/mol. The molecule has 1 aromatic carbocycles. The molecule has 1 aliphatic heterocycles. The van der Waals surface area contributed by atoms with Crippen LogP contribution in [-0.4, -0.2) is 65.7 Å². The van der Waals surface area contributed by atoms with Gasteiger partial charge in [0, 0.05) is 35.8 Å². The van der Waals surface area contributed by atoms with Crippen LogP contribution >= 0.6 is 11.6 Å². The van der Waals surface area contributed by atoms with E-state index in [9.17, 15) is 9.59 Å². The lowest BCUT2D eigenvalue weighted by Gasteiger charge is -2.29. The summed E-state index contributed by atoms with van der Waals surface area (Å²) >= 11 is 6.05. The molecule has 2 aromatic rings. The molecule has 0 radical (unpaired) electrons. The topological polar surface area (TPSA) is 75.9 Å². The number of likely N-dealkylation sites (tertiary alicyclic amines) is 1. The minimum absolute atomic E-state index is 0.150. The van der Waals surface area contributed by atoms with Crippen molar-refractivity contribution >= 4 is 23.5 Å². The third kappa shape index (κ3) is 5.61. The van der Waals surface area contributed by atoms with E-state index in [4.69, 9.17) is 20.9 Å². The predicted molar refractivity (Wildman–Crippen MR) is 114 cm³/mol. The highest BCUT2D eigenvalue weighted by atomic mass is 35.5. The quantitative estimate of drug-likeness (QED) is 0.558. The summed E-state index contributed by atoms with van der Waals surface area (Å²) in [5.41, 5.74) is 0.968. The molecule has 1 atom stereocenters. The summed E-state index contributed by atoms with van der Waals surface area (Å²) in [4.78, 5) is 29.1. The normalized spacial score (nSPS) is 16.6. The molecule has 7 nitrogen and oxygen atoms in total. The number of likely N-dealkylation sites (N-methyl/N-ethyl adjacent to an activating group) is 1. The zero-order valence-corrected chi connectivity index (χ0v) is 18.2. The second-order valence-electron chi connectivity index (χ2n) is 7.32. The van der Waals surface area contributed by atoms with E-state index in [1.54, 1.807) is 30.0 Å². The molecular formula is C22H28ClN3O4. The number of halogens is 1. The zero-order valence-electron chi connectivity index (χ0n) is 17.5. The number of rotatable bonds is 9. The molecule has 1 amide bonds. The van der Waals surface area contributed by atoms with Gasteiger partial charge in [0.1, 0.15) is 0 Å². The molecular weight excluding hydrogens is 406 g/mol. The first kappa shape index (κ1) is 22.3. The third-order valence-corrected chi connectivity index (χ3v) is 5.59. The molecule has 1 aliphatic rings. The Morgan fingerprint density at radius 2 is 2.17 bits per heavy atom. The summed E-state index contributed by atoms with van der Waals surface area (Å²) in [6.07, 6.45) is 2.29. The minimum atomic E-state index is -0.311. The van der Waals surface area contributed by atoms with Crippen molar-refractivity contribution in [2.45, 2.75) is 39.2 Å². The number of benzene rings is 1. The maximum absolute atomic E-state index is 13.2. The Morgan fingerprint density at radius 3 is 2.90 bits per heavy atom. The lowest BCUT2D eigenvalue weighted by Crippen LogP contribution is -2.44. The van der Waals surface area contributed by atoms with Gasteiger partial charge in [0.2, 0.25) is 0 Å². The maximum Gasteiger partial charge on any atom is 0.307 e. The number of nitrogens with zero attached hydrogens (tertiary/aromatic N) is 3. The number of esters is 1. The van der Waals surface area contributed by atoms with Crippen molar-refractivity contribution in [1.29, 1.82) is 0 Å². The van der Waals surface area contributed by atoms with Crippen LogP contribution in [0.4, 0.5) is 0 Å². The van der Waals surface area contributed by atoms with Crippen molar-refractivity contribution < 1.29 is 18.8 Å². The van der Waals surface area contributed by atoms with E-state index in [0.717, 1.165) is 31.5 Å². The van der Waals surface area contributed by atoms with Gasteiger partial charge in [-0.3, -0.25) is 14.5 Å². The minimum Gasteiger partial charge on any atom is -0.466 e. The Bertz CT molecular complexity index is 870. The molecule has 0 N–H and O–H groups in total. The van der Waals surface area contributed by atoms with Crippen LogP contribution in [0.15, 0.2) is 34.9 Å². The molecule has 1 unspecified atom stereocenters. The first-order chi connectivity index (χ1) is 14.5. The Hall–Kier alpha value is -2.38. The molecule has 0 bridgehead atoms. The highest BCUT2D eigenvalue weighted by Crippen LogP contribution is 2.24. The van der Waals surface area contributed by atoms with Crippen LogP contribution < -0.4 is 0 Å². The number of carbonyl (C=O) groups is 2. The van der Waals surface area contributed by atoms with Crippen molar-refractivity contribution in [3.05, 3.63) is 41.0 Å². The summed E-state index contributed by atoms with van der Waals surface area (Å²) < 4.78 is 10.4. The van der Waals surface area contributed by atoms with Crippen molar-refractivity contribution in [2.75, 3.05) is 32.8 Å². The third-order valence-electron chi connectivity index (χ3n) is 5.35. The molecule has 0 saturated carbocycles. The smallest absolute Gasteiger partial charge is 0.307 e. The molecule has 1 saturated heterocycles. The van der Waals surface area contributed by atoms with Crippen LogP contribution in [-0.2, 0) is 9.53 Å². The van der Waals surface area contributed by atoms with E-state index >= 15 is 0 Å². The van der Waals surface area contributed by atoms with Crippen LogP contribution in [0.5, 0.6) is 0 Å². The van der Waals surface area contributed by atoms with Gasteiger partial charge >= 0.3 is 5.97 Å². The van der Waals surface area contributed by atoms with Crippen LogP contribution in [0.1, 0.15) is 43.6 Å². The van der Waals surface area contributed by atoms with Crippen LogP contribution in [0.3, 0.4) is 0 Å². The van der Waals surface area contributed by atoms with Crippen molar-refractivity contribution in [2.24, 2.45) is 0 Å². The van der Waals surface area contributed by atoms with Crippen LogP contribution in [0.25, 0.3) is 11.3 Å².